The van der Waals surface area contributed by atoms with Gasteiger partial charge in [-0.2, -0.15) is 4.98 Å². The van der Waals surface area contributed by atoms with Gasteiger partial charge in [0.25, 0.3) is 5.91 Å². The number of benzene rings is 2. The Balaban J connectivity index is 1.82. The van der Waals surface area contributed by atoms with Crippen LogP contribution in [0.3, 0.4) is 0 Å². The van der Waals surface area contributed by atoms with Crippen LogP contribution in [0.25, 0.3) is 11.4 Å². The number of hydrogen-bond acceptors (Lipinski definition) is 5. The quantitative estimate of drug-likeness (QED) is 0.568. The molecule has 0 aliphatic heterocycles. The first-order valence-electron chi connectivity index (χ1n) is 9.11. The molecule has 0 N–H and O–H groups in total. The topological polar surface area (TPSA) is 68.5 Å². The number of amides is 1. The highest BCUT2D eigenvalue weighted by Crippen LogP contribution is 2.23. The lowest BCUT2D eigenvalue weighted by Crippen LogP contribution is -2.36. The van der Waals surface area contributed by atoms with Crippen LogP contribution in [0.2, 0.25) is 5.02 Å². The van der Waals surface area contributed by atoms with E-state index in [9.17, 15) is 4.79 Å². The van der Waals surface area contributed by atoms with Crippen molar-refractivity contribution in [3.63, 3.8) is 0 Å². The molecule has 1 aromatic heterocycles. The number of hydrogen-bond donors (Lipinski definition) is 0. The number of aromatic nitrogens is 2. The third-order valence-electron chi connectivity index (χ3n) is 4.18. The third-order valence-corrected chi connectivity index (χ3v) is 4.43. The van der Waals surface area contributed by atoms with Crippen molar-refractivity contribution >= 4 is 17.5 Å². The maximum Gasteiger partial charge on any atom is 0.258 e. The summed E-state index contributed by atoms with van der Waals surface area (Å²) in [7, 11) is 0. The first-order valence-corrected chi connectivity index (χ1v) is 9.48. The van der Waals surface area contributed by atoms with Crippen LogP contribution < -0.4 is 4.74 Å². The van der Waals surface area contributed by atoms with Gasteiger partial charge < -0.3 is 14.2 Å². The van der Waals surface area contributed by atoms with Gasteiger partial charge >= 0.3 is 0 Å². The summed E-state index contributed by atoms with van der Waals surface area (Å²) in [5.74, 6) is 1.23. The number of para-hydroxylation sites is 1. The number of nitrogens with zero attached hydrogens (tertiary/aromatic N) is 3. The molecule has 7 heteroatoms. The summed E-state index contributed by atoms with van der Waals surface area (Å²) in [5.41, 5.74) is 1.30. The van der Waals surface area contributed by atoms with Gasteiger partial charge in [-0.15, -0.1) is 0 Å². The van der Waals surface area contributed by atoms with E-state index < -0.39 is 0 Å². The van der Waals surface area contributed by atoms with E-state index >= 15 is 0 Å². The van der Waals surface area contributed by atoms with E-state index in [0.29, 0.717) is 34.7 Å². The maximum absolute atomic E-state index is 13.1. The minimum Gasteiger partial charge on any atom is -0.493 e. The smallest absolute Gasteiger partial charge is 0.258 e. The van der Waals surface area contributed by atoms with Gasteiger partial charge in [-0.3, -0.25) is 4.79 Å². The molecule has 0 aliphatic carbocycles. The van der Waals surface area contributed by atoms with Crippen molar-refractivity contribution in [2.75, 3.05) is 6.61 Å². The summed E-state index contributed by atoms with van der Waals surface area (Å²) in [6.07, 6.45) is 0. The normalized spacial score (nSPS) is 10.9. The molecular weight excluding hydrogens is 378 g/mol. The van der Waals surface area contributed by atoms with E-state index in [2.05, 4.69) is 10.1 Å². The van der Waals surface area contributed by atoms with Gasteiger partial charge in [0.1, 0.15) is 12.3 Å². The Bertz CT molecular complexity index is 938. The molecule has 0 spiro atoms. The molecule has 28 heavy (non-hydrogen) atoms. The molecule has 6 nitrogen and oxygen atoms in total. The van der Waals surface area contributed by atoms with Crippen molar-refractivity contribution in [1.29, 1.82) is 0 Å². The van der Waals surface area contributed by atoms with Gasteiger partial charge in [0.2, 0.25) is 11.7 Å². The molecule has 0 bridgehead atoms. The van der Waals surface area contributed by atoms with Crippen molar-refractivity contribution in [3.8, 4) is 17.1 Å². The molecule has 0 radical (unpaired) electrons. The zero-order chi connectivity index (χ0) is 20.1. The van der Waals surface area contributed by atoms with E-state index in [0.717, 1.165) is 5.56 Å². The van der Waals surface area contributed by atoms with Crippen LogP contribution in [0.5, 0.6) is 5.75 Å². The fourth-order valence-corrected chi connectivity index (χ4v) is 2.88. The van der Waals surface area contributed by atoms with E-state index in [1.165, 1.54) is 0 Å². The highest BCUT2D eigenvalue weighted by molar-refractivity contribution is 6.30. The SMILES string of the molecule is CCOc1ccccc1C(=O)N(Cc1nc(-c2ccc(Cl)cc2)no1)C(C)C. The van der Waals surface area contributed by atoms with Gasteiger partial charge in [0, 0.05) is 16.6 Å². The average molecular weight is 400 g/mol. The number of carbonyl (C=O) groups excluding carboxylic acids is 1. The molecular formula is C21H22ClN3O3. The maximum atomic E-state index is 13.1. The number of carbonyl (C=O) groups is 1. The molecule has 3 rings (SSSR count). The van der Waals surface area contributed by atoms with Crippen molar-refractivity contribution in [3.05, 3.63) is 65.0 Å². The predicted molar refractivity (Wildman–Crippen MR) is 107 cm³/mol. The van der Waals surface area contributed by atoms with Crippen LogP contribution in [-0.2, 0) is 6.54 Å². The molecule has 1 heterocycles. The Morgan fingerprint density at radius 1 is 1.18 bits per heavy atom. The monoisotopic (exact) mass is 399 g/mol. The van der Waals surface area contributed by atoms with Crippen molar-refractivity contribution in [1.82, 2.24) is 15.0 Å². The molecule has 0 atom stereocenters. The Morgan fingerprint density at radius 3 is 2.57 bits per heavy atom. The van der Waals surface area contributed by atoms with Gasteiger partial charge in [-0.05, 0) is 57.2 Å². The molecule has 2 aromatic carbocycles. The number of rotatable bonds is 7. The largest absolute Gasteiger partial charge is 0.493 e. The molecule has 0 saturated heterocycles. The Hall–Kier alpha value is -2.86. The lowest BCUT2D eigenvalue weighted by Gasteiger charge is -2.26. The van der Waals surface area contributed by atoms with E-state index in [1.54, 1.807) is 29.2 Å². The first kappa shape index (κ1) is 19.9. The van der Waals surface area contributed by atoms with Crippen LogP contribution in [0.1, 0.15) is 37.0 Å². The van der Waals surface area contributed by atoms with Gasteiger partial charge in [0.15, 0.2) is 0 Å². The number of ether oxygens (including phenoxy) is 1. The summed E-state index contributed by atoms with van der Waals surface area (Å²) >= 11 is 5.92. The zero-order valence-electron chi connectivity index (χ0n) is 16.1. The fraction of sp³-hybridized carbons (Fsp3) is 0.286. The molecule has 3 aromatic rings. The second-order valence-electron chi connectivity index (χ2n) is 6.47. The summed E-state index contributed by atoms with van der Waals surface area (Å²) < 4.78 is 11.0. The molecule has 146 valence electrons. The summed E-state index contributed by atoms with van der Waals surface area (Å²) in [5, 5.41) is 4.65. The van der Waals surface area contributed by atoms with Crippen molar-refractivity contribution < 1.29 is 14.1 Å². The predicted octanol–water partition coefficient (Wildman–Crippen LogP) is 4.84. The Morgan fingerprint density at radius 2 is 1.89 bits per heavy atom. The van der Waals surface area contributed by atoms with E-state index in [1.807, 2.05) is 45.0 Å². The standard InChI is InChI=1S/C21H22ClN3O3/c1-4-27-18-8-6-5-7-17(18)21(26)25(14(2)3)13-19-23-20(24-28-19)15-9-11-16(22)12-10-15/h5-12,14H,4,13H2,1-3H3. The van der Waals surface area contributed by atoms with Crippen LogP contribution in [0, 0.1) is 0 Å². The second kappa shape index (κ2) is 8.89. The van der Waals surface area contributed by atoms with Crippen LogP contribution >= 0.6 is 11.6 Å². The van der Waals surface area contributed by atoms with E-state index in [-0.39, 0.29) is 18.5 Å². The minimum atomic E-state index is -0.148. The highest BCUT2D eigenvalue weighted by atomic mass is 35.5. The second-order valence-corrected chi connectivity index (χ2v) is 6.91. The van der Waals surface area contributed by atoms with Gasteiger partial charge in [-0.1, -0.05) is 28.9 Å². The van der Waals surface area contributed by atoms with Crippen molar-refractivity contribution in [2.45, 2.75) is 33.4 Å². The fourth-order valence-electron chi connectivity index (χ4n) is 2.75. The van der Waals surface area contributed by atoms with Crippen LogP contribution in [0.15, 0.2) is 53.1 Å². The lowest BCUT2D eigenvalue weighted by atomic mass is 10.1. The van der Waals surface area contributed by atoms with E-state index in [4.69, 9.17) is 20.9 Å². The zero-order valence-corrected chi connectivity index (χ0v) is 16.8. The van der Waals surface area contributed by atoms with Crippen LogP contribution in [0.4, 0.5) is 0 Å². The Kier molecular flexibility index (Phi) is 6.31. The Labute approximate surface area is 169 Å². The lowest BCUT2D eigenvalue weighted by molar-refractivity contribution is 0.0663. The summed E-state index contributed by atoms with van der Waals surface area (Å²) in [6, 6.07) is 14.3. The van der Waals surface area contributed by atoms with Crippen LogP contribution in [-0.4, -0.2) is 33.6 Å². The van der Waals surface area contributed by atoms with Crippen molar-refractivity contribution in [2.24, 2.45) is 0 Å². The van der Waals surface area contributed by atoms with Gasteiger partial charge in [-0.25, -0.2) is 0 Å². The average Bonchev–Trinajstić information content (AvgIpc) is 3.15. The summed E-state index contributed by atoms with van der Waals surface area (Å²) in [6.45, 7) is 6.46. The number of halogens is 1. The molecule has 0 saturated carbocycles. The first-order chi connectivity index (χ1) is 13.5. The molecule has 1 amide bonds. The highest BCUT2D eigenvalue weighted by Gasteiger charge is 2.24. The molecule has 0 fully saturated rings. The molecule has 0 unspecified atom stereocenters. The minimum absolute atomic E-state index is 0.0620. The molecule has 0 aliphatic rings. The van der Waals surface area contributed by atoms with Gasteiger partial charge in [0.05, 0.1) is 12.2 Å². The summed E-state index contributed by atoms with van der Waals surface area (Å²) in [4.78, 5) is 19.2. The third kappa shape index (κ3) is 4.51.